The highest BCUT2D eigenvalue weighted by Gasteiger charge is 2.30. The summed E-state index contributed by atoms with van der Waals surface area (Å²) in [7, 11) is 0. The summed E-state index contributed by atoms with van der Waals surface area (Å²) in [6, 6.07) is 8.01. The molecule has 2 aromatic rings. The van der Waals surface area contributed by atoms with Crippen LogP contribution in [-0.4, -0.2) is 41.7 Å². The number of anilines is 1. The Morgan fingerprint density at radius 3 is 2.72 bits per heavy atom. The van der Waals surface area contributed by atoms with Crippen molar-refractivity contribution >= 4 is 40.0 Å². The zero-order valence-electron chi connectivity index (χ0n) is 17.4. The lowest BCUT2D eigenvalue weighted by atomic mass is 10.0. The fraction of sp³-hybridized carbons (Fsp3) is 0.455. The predicted molar refractivity (Wildman–Crippen MR) is 120 cm³/mol. The molecule has 3 rings (SSSR count). The summed E-state index contributed by atoms with van der Waals surface area (Å²) in [6.45, 7) is 10.2. The number of hydrogen-bond donors (Lipinski definition) is 1. The number of carbonyl (C=O) groups is 2. The molecule has 0 unspecified atom stereocenters. The lowest BCUT2D eigenvalue weighted by molar-refractivity contribution is 0.0526. The Labute approximate surface area is 180 Å². The van der Waals surface area contributed by atoms with Crippen molar-refractivity contribution in [3.05, 3.63) is 45.8 Å². The fourth-order valence-corrected chi connectivity index (χ4v) is 5.54. The molecule has 7 heteroatoms. The Balaban J connectivity index is 1.94. The first-order valence-corrected chi connectivity index (χ1v) is 11.8. The summed E-state index contributed by atoms with van der Waals surface area (Å²) in [4.78, 5) is 30.2. The normalized spacial score (nSPS) is 14.0. The van der Waals surface area contributed by atoms with Crippen LogP contribution in [0.15, 0.2) is 29.2 Å². The van der Waals surface area contributed by atoms with Gasteiger partial charge in [-0.25, -0.2) is 4.79 Å². The fourth-order valence-electron chi connectivity index (χ4n) is 3.48. The highest BCUT2D eigenvalue weighted by molar-refractivity contribution is 7.99. The van der Waals surface area contributed by atoms with Gasteiger partial charge >= 0.3 is 5.97 Å². The van der Waals surface area contributed by atoms with Crippen molar-refractivity contribution in [1.82, 2.24) is 4.90 Å². The van der Waals surface area contributed by atoms with Gasteiger partial charge in [0.15, 0.2) is 0 Å². The van der Waals surface area contributed by atoms with Crippen LogP contribution in [0.5, 0.6) is 0 Å². The second-order valence-corrected chi connectivity index (χ2v) is 9.54. The Morgan fingerprint density at radius 2 is 2.03 bits per heavy atom. The van der Waals surface area contributed by atoms with Gasteiger partial charge in [-0.2, -0.15) is 0 Å². The molecule has 1 amide bonds. The molecule has 1 aliphatic heterocycles. The monoisotopic (exact) mass is 432 g/mol. The average molecular weight is 433 g/mol. The van der Waals surface area contributed by atoms with Gasteiger partial charge in [0.2, 0.25) is 0 Å². The van der Waals surface area contributed by atoms with Gasteiger partial charge in [-0.1, -0.05) is 19.1 Å². The van der Waals surface area contributed by atoms with E-state index >= 15 is 0 Å². The minimum absolute atomic E-state index is 0.189. The molecule has 0 atom stereocenters. The first kappa shape index (κ1) is 21.9. The summed E-state index contributed by atoms with van der Waals surface area (Å²) >= 11 is 3.13. The van der Waals surface area contributed by atoms with Crippen molar-refractivity contribution in [2.24, 2.45) is 0 Å². The van der Waals surface area contributed by atoms with Crippen LogP contribution in [0, 0.1) is 0 Å². The van der Waals surface area contributed by atoms with E-state index in [9.17, 15) is 9.59 Å². The van der Waals surface area contributed by atoms with E-state index in [0.29, 0.717) is 28.8 Å². The Hall–Kier alpha value is -1.83. The number of thiophene rings is 1. The number of fused-ring (bicyclic) bond motifs is 1. The highest BCUT2D eigenvalue weighted by atomic mass is 32.2. The van der Waals surface area contributed by atoms with E-state index in [0.717, 1.165) is 40.6 Å². The largest absolute Gasteiger partial charge is 0.462 e. The smallest absolute Gasteiger partial charge is 0.341 e. The van der Waals surface area contributed by atoms with Gasteiger partial charge in [-0.3, -0.25) is 9.69 Å². The summed E-state index contributed by atoms with van der Waals surface area (Å²) in [5, 5.41) is 3.61. The van der Waals surface area contributed by atoms with Crippen LogP contribution in [-0.2, 0) is 17.7 Å². The molecule has 29 heavy (non-hydrogen) atoms. The molecule has 0 spiro atoms. The van der Waals surface area contributed by atoms with Gasteiger partial charge < -0.3 is 10.1 Å². The SMILES string of the molecule is CCOC(=O)c1c(NC(=O)c2ccccc2SCC)sc2c1CCN(C(C)C)C2. The molecule has 156 valence electrons. The van der Waals surface area contributed by atoms with Gasteiger partial charge in [-0.05, 0) is 50.6 Å². The molecule has 5 nitrogen and oxygen atoms in total. The van der Waals surface area contributed by atoms with Crippen LogP contribution in [0.3, 0.4) is 0 Å². The van der Waals surface area contributed by atoms with Gasteiger partial charge in [0.05, 0.1) is 17.7 Å². The maximum Gasteiger partial charge on any atom is 0.341 e. The first-order chi connectivity index (χ1) is 14.0. The second kappa shape index (κ2) is 9.78. The number of hydrogen-bond acceptors (Lipinski definition) is 6. The molecule has 2 heterocycles. The lowest BCUT2D eigenvalue weighted by Gasteiger charge is -2.30. The maximum atomic E-state index is 13.0. The van der Waals surface area contributed by atoms with Gasteiger partial charge in [-0.15, -0.1) is 23.1 Å². The van der Waals surface area contributed by atoms with Crippen LogP contribution in [0.1, 0.15) is 58.9 Å². The Morgan fingerprint density at radius 1 is 1.28 bits per heavy atom. The van der Waals surface area contributed by atoms with Gasteiger partial charge in [0, 0.05) is 28.9 Å². The molecule has 1 aromatic carbocycles. The molecule has 0 bridgehead atoms. The Kier molecular flexibility index (Phi) is 7.38. The van der Waals surface area contributed by atoms with Crippen LogP contribution in [0.4, 0.5) is 5.00 Å². The molecule has 0 saturated carbocycles. The van der Waals surface area contributed by atoms with E-state index < -0.39 is 0 Å². The third-order valence-corrected chi connectivity index (χ3v) is 7.04. The van der Waals surface area contributed by atoms with Crippen LogP contribution in [0.2, 0.25) is 0 Å². The van der Waals surface area contributed by atoms with E-state index in [-0.39, 0.29) is 11.9 Å². The number of benzene rings is 1. The summed E-state index contributed by atoms with van der Waals surface area (Å²) in [6.07, 6.45) is 0.788. The van der Waals surface area contributed by atoms with Crippen LogP contribution in [0.25, 0.3) is 0 Å². The average Bonchev–Trinajstić information content (AvgIpc) is 3.05. The van der Waals surface area contributed by atoms with Crippen molar-refractivity contribution in [3.63, 3.8) is 0 Å². The lowest BCUT2D eigenvalue weighted by Crippen LogP contribution is -2.35. The molecule has 0 fully saturated rings. The summed E-state index contributed by atoms with van der Waals surface area (Å²) in [5.74, 6) is 0.345. The summed E-state index contributed by atoms with van der Waals surface area (Å²) in [5.41, 5.74) is 2.19. The number of thioether (sulfide) groups is 1. The van der Waals surface area contributed by atoms with Crippen molar-refractivity contribution in [1.29, 1.82) is 0 Å². The number of ether oxygens (including phenoxy) is 1. The summed E-state index contributed by atoms with van der Waals surface area (Å²) < 4.78 is 5.32. The van der Waals surface area contributed by atoms with Crippen LogP contribution < -0.4 is 5.32 Å². The zero-order chi connectivity index (χ0) is 21.0. The topological polar surface area (TPSA) is 58.6 Å². The minimum Gasteiger partial charge on any atom is -0.462 e. The van der Waals surface area contributed by atoms with Crippen molar-refractivity contribution < 1.29 is 14.3 Å². The minimum atomic E-state index is -0.352. The second-order valence-electron chi connectivity index (χ2n) is 7.13. The predicted octanol–water partition coefficient (Wildman–Crippen LogP) is 5.06. The number of nitrogens with one attached hydrogen (secondary N) is 1. The van der Waals surface area contributed by atoms with E-state index in [2.05, 4.69) is 31.0 Å². The number of rotatable bonds is 7. The third-order valence-electron chi connectivity index (χ3n) is 4.95. The van der Waals surface area contributed by atoms with Crippen molar-refractivity contribution in [3.8, 4) is 0 Å². The van der Waals surface area contributed by atoms with Crippen molar-refractivity contribution in [2.75, 3.05) is 24.2 Å². The molecular formula is C22H28N2O3S2. The van der Waals surface area contributed by atoms with E-state index in [1.807, 2.05) is 24.3 Å². The molecule has 1 aliphatic rings. The Bertz CT molecular complexity index is 892. The maximum absolute atomic E-state index is 13.0. The zero-order valence-corrected chi connectivity index (χ0v) is 19.0. The van der Waals surface area contributed by atoms with E-state index in [1.54, 1.807) is 18.7 Å². The molecule has 1 aromatic heterocycles. The van der Waals surface area contributed by atoms with E-state index in [4.69, 9.17) is 4.74 Å². The standard InChI is InChI=1S/C22H28N2O3S2/c1-5-27-22(26)19-15-11-12-24(14(3)4)13-18(15)29-21(19)23-20(25)16-9-7-8-10-17(16)28-6-2/h7-10,14H,5-6,11-13H2,1-4H3,(H,23,25). The molecule has 1 N–H and O–H groups in total. The van der Waals surface area contributed by atoms with Gasteiger partial charge in [0.25, 0.3) is 5.91 Å². The number of esters is 1. The van der Waals surface area contributed by atoms with Crippen LogP contribution >= 0.6 is 23.1 Å². The van der Waals surface area contributed by atoms with Crippen molar-refractivity contribution in [2.45, 2.75) is 51.6 Å². The third kappa shape index (κ3) is 4.85. The molecule has 0 aliphatic carbocycles. The number of carbonyl (C=O) groups excluding carboxylic acids is 2. The van der Waals surface area contributed by atoms with Gasteiger partial charge in [0.1, 0.15) is 5.00 Å². The molecule has 0 saturated heterocycles. The highest BCUT2D eigenvalue weighted by Crippen LogP contribution is 2.38. The molecule has 0 radical (unpaired) electrons. The quantitative estimate of drug-likeness (QED) is 0.490. The number of nitrogens with zero attached hydrogens (tertiary/aromatic N) is 1. The molecular weight excluding hydrogens is 404 g/mol. The van der Waals surface area contributed by atoms with E-state index in [1.165, 1.54) is 11.3 Å². The number of amides is 1. The first-order valence-electron chi connectivity index (χ1n) is 10.0.